The van der Waals surface area contributed by atoms with E-state index in [4.69, 9.17) is 0 Å². The molecule has 1 saturated heterocycles. The third kappa shape index (κ3) is 1.82. The first-order chi connectivity index (χ1) is 10.5. The summed E-state index contributed by atoms with van der Waals surface area (Å²) in [6.45, 7) is 0.926. The molecule has 118 valence electrons. The maximum absolute atomic E-state index is 12.9. The minimum Gasteiger partial charge on any atom is -0.481 e. The average Bonchev–Trinajstić information content (AvgIpc) is 2.94. The largest absolute Gasteiger partial charge is 0.481 e. The highest BCUT2D eigenvalue weighted by atomic mass is 16.4. The Morgan fingerprint density at radius 2 is 2.14 bits per heavy atom. The molecule has 1 aliphatic heterocycles. The topological polar surface area (TPSA) is 75.4 Å². The van der Waals surface area contributed by atoms with Crippen molar-refractivity contribution in [1.29, 1.82) is 0 Å². The Hall–Kier alpha value is -1.85. The number of rotatable bonds is 3. The first-order valence-corrected chi connectivity index (χ1v) is 8.07. The summed E-state index contributed by atoms with van der Waals surface area (Å²) in [6.07, 6.45) is 6.44. The molecule has 1 aromatic heterocycles. The molecule has 0 unspecified atom stereocenters. The van der Waals surface area contributed by atoms with Gasteiger partial charge in [0, 0.05) is 26.1 Å². The number of likely N-dealkylation sites (tertiary alicyclic amines) is 1. The van der Waals surface area contributed by atoms with Gasteiger partial charge in [-0.25, -0.2) is 0 Å². The molecule has 3 aliphatic rings. The molecule has 2 atom stereocenters. The van der Waals surface area contributed by atoms with Crippen molar-refractivity contribution in [1.82, 2.24) is 14.7 Å². The van der Waals surface area contributed by atoms with Gasteiger partial charge in [0.25, 0.3) is 5.91 Å². The van der Waals surface area contributed by atoms with E-state index in [1.165, 1.54) is 0 Å². The number of amides is 1. The Bertz CT molecular complexity index is 649. The predicted octanol–water partition coefficient (Wildman–Crippen LogP) is 1.62. The maximum Gasteiger partial charge on any atom is 0.311 e. The molecule has 0 radical (unpaired) electrons. The SMILES string of the molecule is Cn1ncc(C(=O)N2C[C@@H]3CCC[C@@]3(C(=O)O)C2)c1C1CC1. The fraction of sp³-hybridized carbons (Fsp3) is 0.688. The highest BCUT2D eigenvalue weighted by Crippen LogP contribution is 2.49. The maximum atomic E-state index is 12.9. The second-order valence-electron chi connectivity index (χ2n) is 7.08. The molecular formula is C16H21N3O3. The summed E-state index contributed by atoms with van der Waals surface area (Å²) in [5.74, 6) is -0.221. The number of carboxylic acid groups (broad SMARTS) is 1. The molecule has 2 heterocycles. The summed E-state index contributed by atoms with van der Waals surface area (Å²) in [6, 6.07) is 0. The normalized spacial score (nSPS) is 30.6. The summed E-state index contributed by atoms with van der Waals surface area (Å²) in [4.78, 5) is 26.4. The van der Waals surface area contributed by atoms with Crippen LogP contribution in [0.15, 0.2) is 6.20 Å². The van der Waals surface area contributed by atoms with Crippen molar-refractivity contribution in [2.75, 3.05) is 13.1 Å². The molecule has 2 saturated carbocycles. The van der Waals surface area contributed by atoms with Crippen molar-refractivity contribution in [2.45, 2.75) is 38.0 Å². The molecular weight excluding hydrogens is 282 g/mol. The molecule has 0 bridgehead atoms. The Labute approximate surface area is 129 Å². The predicted molar refractivity (Wildman–Crippen MR) is 78.5 cm³/mol. The van der Waals surface area contributed by atoms with Crippen molar-refractivity contribution < 1.29 is 14.7 Å². The summed E-state index contributed by atoms with van der Waals surface area (Å²) in [7, 11) is 1.88. The van der Waals surface area contributed by atoms with E-state index in [1.54, 1.807) is 15.8 Å². The smallest absolute Gasteiger partial charge is 0.311 e. The van der Waals surface area contributed by atoms with Gasteiger partial charge in [-0.05, 0) is 31.6 Å². The van der Waals surface area contributed by atoms with Crippen molar-refractivity contribution in [2.24, 2.45) is 18.4 Å². The van der Waals surface area contributed by atoms with Crippen LogP contribution < -0.4 is 0 Å². The fourth-order valence-corrected chi connectivity index (χ4v) is 4.42. The van der Waals surface area contributed by atoms with Gasteiger partial charge in [-0.1, -0.05) is 6.42 Å². The van der Waals surface area contributed by atoms with Crippen LogP contribution in [0.1, 0.15) is 54.1 Å². The van der Waals surface area contributed by atoms with E-state index >= 15 is 0 Å². The highest BCUT2D eigenvalue weighted by Gasteiger charge is 2.56. The van der Waals surface area contributed by atoms with Gasteiger partial charge < -0.3 is 10.0 Å². The number of hydrogen-bond acceptors (Lipinski definition) is 3. The lowest BCUT2D eigenvalue weighted by Gasteiger charge is -2.23. The number of aryl methyl sites for hydroxylation is 1. The number of hydrogen-bond donors (Lipinski definition) is 1. The van der Waals surface area contributed by atoms with Crippen LogP contribution in [-0.2, 0) is 11.8 Å². The number of fused-ring (bicyclic) bond motifs is 1. The van der Waals surface area contributed by atoms with Crippen LogP contribution in [0.4, 0.5) is 0 Å². The van der Waals surface area contributed by atoms with Crippen LogP contribution in [0, 0.1) is 11.3 Å². The molecule has 6 nitrogen and oxygen atoms in total. The first-order valence-electron chi connectivity index (χ1n) is 8.07. The van der Waals surface area contributed by atoms with Gasteiger partial charge in [0.05, 0.1) is 22.9 Å². The lowest BCUT2D eigenvalue weighted by atomic mass is 9.81. The first kappa shape index (κ1) is 13.8. The average molecular weight is 303 g/mol. The summed E-state index contributed by atoms with van der Waals surface area (Å²) >= 11 is 0. The van der Waals surface area contributed by atoms with E-state index in [0.717, 1.165) is 31.4 Å². The summed E-state index contributed by atoms with van der Waals surface area (Å²) in [5, 5.41) is 13.9. The second-order valence-corrected chi connectivity index (χ2v) is 7.08. The second kappa shape index (κ2) is 4.57. The van der Waals surface area contributed by atoms with Gasteiger partial charge in [-0.2, -0.15) is 5.10 Å². The third-order valence-corrected chi connectivity index (χ3v) is 5.76. The number of aliphatic carboxylic acids is 1. The zero-order valence-corrected chi connectivity index (χ0v) is 12.8. The summed E-state index contributed by atoms with van der Waals surface area (Å²) in [5.41, 5.74) is 0.981. The quantitative estimate of drug-likeness (QED) is 0.920. The molecule has 2 aliphatic carbocycles. The Kier molecular flexibility index (Phi) is 2.86. The van der Waals surface area contributed by atoms with E-state index in [2.05, 4.69) is 5.10 Å². The minimum atomic E-state index is -0.737. The van der Waals surface area contributed by atoms with E-state index in [-0.39, 0.29) is 11.8 Å². The molecule has 1 aromatic rings. The summed E-state index contributed by atoms with van der Waals surface area (Å²) < 4.78 is 1.80. The van der Waals surface area contributed by atoms with Crippen molar-refractivity contribution >= 4 is 11.9 Å². The van der Waals surface area contributed by atoms with Crippen LogP contribution >= 0.6 is 0 Å². The lowest BCUT2D eigenvalue weighted by Crippen LogP contribution is -2.37. The van der Waals surface area contributed by atoms with Crippen molar-refractivity contribution in [3.8, 4) is 0 Å². The minimum absolute atomic E-state index is 0.0370. The van der Waals surface area contributed by atoms with Crippen LogP contribution in [0.2, 0.25) is 0 Å². The molecule has 0 aromatic carbocycles. The monoisotopic (exact) mass is 303 g/mol. The van der Waals surface area contributed by atoms with Crippen LogP contribution in [-0.4, -0.2) is 44.8 Å². The van der Waals surface area contributed by atoms with E-state index in [1.807, 2.05) is 7.05 Å². The van der Waals surface area contributed by atoms with E-state index < -0.39 is 11.4 Å². The van der Waals surface area contributed by atoms with E-state index in [9.17, 15) is 14.7 Å². The number of nitrogens with zero attached hydrogens (tertiary/aromatic N) is 3. The zero-order valence-electron chi connectivity index (χ0n) is 12.8. The molecule has 1 amide bonds. The molecule has 22 heavy (non-hydrogen) atoms. The number of carbonyl (C=O) groups excluding carboxylic acids is 1. The third-order valence-electron chi connectivity index (χ3n) is 5.76. The Morgan fingerprint density at radius 3 is 2.77 bits per heavy atom. The van der Waals surface area contributed by atoms with Gasteiger partial charge in [-0.3, -0.25) is 14.3 Å². The van der Waals surface area contributed by atoms with Crippen LogP contribution in [0.25, 0.3) is 0 Å². The molecule has 0 spiro atoms. The Balaban J connectivity index is 1.61. The number of aromatic nitrogens is 2. The van der Waals surface area contributed by atoms with Gasteiger partial charge in [-0.15, -0.1) is 0 Å². The van der Waals surface area contributed by atoms with E-state index in [0.29, 0.717) is 31.0 Å². The molecule has 6 heteroatoms. The van der Waals surface area contributed by atoms with Crippen molar-refractivity contribution in [3.05, 3.63) is 17.5 Å². The highest BCUT2D eigenvalue weighted by molar-refractivity contribution is 5.96. The number of carbonyl (C=O) groups is 2. The molecule has 4 rings (SSSR count). The Morgan fingerprint density at radius 1 is 1.36 bits per heavy atom. The van der Waals surface area contributed by atoms with Crippen LogP contribution in [0.3, 0.4) is 0 Å². The van der Waals surface area contributed by atoms with Gasteiger partial charge in [0.15, 0.2) is 0 Å². The van der Waals surface area contributed by atoms with Gasteiger partial charge in [0.2, 0.25) is 0 Å². The lowest BCUT2D eigenvalue weighted by molar-refractivity contribution is -0.149. The molecule has 1 N–H and O–H groups in total. The van der Waals surface area contributed by atoms with Crippen LogP contribution in [0.5, 0.6) is 0 Å². The van der Waals surface area contributed by atoms with Gasteiger partial charge in [0.1, 0.15) is 0 Å². The number of carboxylic acids is 1. The van der Waals surface area contributed by atoms with Crippen molar-refractivity contribution in [3.63, 3.8) is 0 Å². The van der Waals surface area contributed by atoms with Gasteiger partial charge >= 0.3 is 5.97 Å². The standard InChI is InChI=1S/C16H21N3O3/c1-18-13(10-4-5-10)12(7-17-18)14(20)19-8-11-3-2-6-16(11,9-19)15(21)22/h7,10-11H,2-6,8-9H2,1H3,(H,21,22)/t11-,16+/m0/s1. The molecule has 3 fully saturated rings. The fourth-order valence-electron chi connectivity index (χ4n) is 4.42. The zero-order chi connectivity index (χ0) is 15.5.